The molecule has 0 radical (unpaired) electrons. The van der Waals surface area contributed by atoms with Crippen molar-refractivity contribution < 1.29 is 9.59 Å². The summed E-state index contributed by atoms with van der Waals surface area (Å²) < 4.78 is 2.52. The van der Waals surface area contributed by atoms with E-state index in [9.17, 15) is 9.59 Å². The summed E-state index contributed by atoms with van der Waals surface area (Å²) in [6, 6.07) is 11.8. The Morgan fingerprint density at radius 1 is 1.24 bits per heavy atom. The third kappa shape index (κ3) is 5.45. The zero-order valence-corrected chi connectivity index (χ0v) is 18.1. The van der Waals surface area contributed by atoms with E-state index in [4.69, 9.17) is 5.73 Å². The Kier molecular flexibility index (Phi) is 6.71. The zero-order valence-electron chi connectivity index (χ0n) is 16.5. The van der Waals surface area contributed by atoms with E-state index in [1.54, 1.807) is 11.6 Å². The van der Waals surface area contributed by atoms with E-state index in [2.05, 4.69) is 15.4 Å². The topological polar surface area (TPSA) is 103 Å². The third-order valence-electron chi connectivity index (χ3n) is 4.11. The largest absolute Gasteiger partial charge is 0.369 e. The van der Waals surface area contributed by atoms with E-state index in [1.165, 1.54) is 23.1 Å². The molecule has 1 aromatic carbocycles. The van der Waals surface area contributed by atoms with Gasteiger partial charge < -0.3 is 11.1 Å². The third-order valence-corrected chi connectivity index (χ3v) is 6.25. The molecule has 0 aliphatic heterocycles. The molecule has 2 amide bonds. The van der Waals surface area contributed by atoms with E-state index in [1.807, 2.05) is 55.6 Å². The number of nitrogens with one attached hydrogen (secondary N) is 1. The summed E-state index contributed by atoms with van der Waals surface area (Å²) in [5.41, 5.74) is 7.74. The van der Waals surface area contributed by atoms with Crippen molar-refractivity contribution in [3.8, 4) is 11.3 Å². The molecule has 0 saturated heterocycles. The van der Waals surface area contributed by atoms with Crippen LogP contribution in [0.1, 0.15) is 32.5 Å². The molecule has 0 fully saturated rings. The Hall–Kier alpha value is -2.65. The summed E-state index contributed by atoms with van der Waals surface area (Å²) in [6.07, 6.45) is 0.145. The second kappa shape index (κ2) is 9.23. The molecule has 0 bridgehead atoms. The molecule has 29 heavy (non-hydrogen) atoms. The maximum Gasteiger partial charge on any atom is 0.231 e. The molecular formula is C20H23N5O2S2. The van der Waals surface area contributed by atoms with Gasteiger partial charge in [-0.2, -0.15) is 5.10 Å². The van der Waals surface area contributed by atoms with Crippen LogP contribution in [0.25, 0.3) is 11.3 Å². The highest BCUT2D eigenvalue weighted by Crippen LogP contribution is 2.27. The normalized spacial score (nSPS) is 12.1. The highest BCUT2D eigenvalue weighted by Gasteiger charge is 2.17. The van der Waals surface area contributed by atoms with Crippen LogP contribution in [0.3, 0.4) is 0 Å². The minimum absolute atomic E-state index is 0.0975. The number of aromatic nitrogens is 3. The lowest BCUT2D eigenvalue weighted by Crippen LogP contribution is -2.22. The Morgan fingerprint density at radius 2 is 1.97 bits per heavy atom. The number of nitrogens with two attached hydrogens (primary N) is 1. The Bertz CT molecular complexity index is 997. The molecule has 0 saturated carbocycles. The van der Waals surface area contributed by atoms with Gasteiger partial charge in [0, 0.05) is 23.1 Å². The summed E-state index contributed by atoms with van der Waals surface area (Å²) in [4.78, 5) is 28.2. The predicted molar refractivity (Wildman–Crippen MR) is 117 cm³/mol. The number of thioether (sulfide) groups is 1. The smallest absolute Gasteiger partial charge is 0.231 e. The van der Waals surface area contributed by atoms with Crippen molar-refractivity contribution in [2.24, 2.45) is 5.73 Å². The summed E-state index contributed by atoms with van der Waals surface area (Å²) in [5, 5.41) is 9.04. The Morgan fingerprint density at radius 3 is 2.62 bits per heavy atom. The van der Waals surface area contributed by atoms with Crippen molar-refractivity contribution in [1.82, 2.24) is 14.8 Å². The first-order valence-corrected chi connectivity index (χ1v) is 10.9. The van der Waals surface area contributed by atoms with Crippen molar-refractivity contribution in [2.45, 2.75) is 42.8 Å². The molecule has 2 aromatic heterocycles. The SMILES string of the molecule is CC(Sc1nc(CC(=O)Nc2cc(-c3ccccc3)nn2C(C)C)cs1)C(N)=O. The van der Waals surface area contributed by atoms with Crippen LogP contribution >= 0.6 is 23.1 Å². The van der Waals surface area contributed by atoms with Crippen LogP contribution in [-0.4, -0.2) is 31.8 Å². The van der Waals surface area contributed by atoms with Gasteiger partial charge in [-0.25, -0.2) is 9.67 Å². The number of carbonyl (C=O) groups is 2. The highest BCUT2D eigenvalue weighted by molar-refractivity contribution is 8.02. The van der Waals surface area contributed by atoms with E-state index >= 15 is 0 Å². The van der Waals surface area contributed by atoms with Gasteiger partial charge in [0.25, 0.3) is 0 Å². The van der Waals surface area contributed by atoms with Crippen molar-refractivity contribution in [3.05, 3.63) is 47.5 Å². The van der Waals surface area contributed by atoms with Crippen LogP contribution in [0.2, 0.25) is 0 Å². The number of primary amides is 1. The van der Waals surface area contributed by atoms with Gasteiger partial charge in [-0.1, -0.05) is 42.1 Å². The summed E-state index contributed by atoms with van der Waals surface area (Å²) >= 11 is 2.70. The van der Waals surface area contributed by atoms with E-state index in [0.717, 1.165) is 15.6 Å². The van der Waals surface area contributed by atoms with E-state index in [-0.39, 0.29) is 29.5 Å². The van der Waals surface area contributed by atoms with Gasteiger partial charge >= 0.3 is 0 Å². The Balaban J connectivity index is 1.70. The number of hydrogen-bond donors (Lipinski definition) is 2. The van der Waals surface area contributed by atoms with Crippen molar-refractivity contribution in [3.63, 3.8) is 0 Å². The molecule has 3 rings (SSSR count). The summed E-state index contributed by atoms with van der Waals surface area (Å²) in [6.45, 7) is 5.76. The maximum absolute atomic E-state index is 12.6. The van der Waals surface area contributed by atoms with Crippen LogP contribution in [0, 0.1) is 0 Å². The lowest BCUT2D eigenvalue weighted by atomic mass is 10.1. The van der Waals surface area contributed by atoms with Gasteiger partial charge in [0.15, 0.2) is 4.34 Å². The average Bonchev–Trinajstić information content (AvgIpc) is 3.29. The first kappa shape index (κ1) is 21.1. The summed E-state index contributed by atoms with van der Waals surface area (Å²) in [7, 11) is 0. The van der Waals surface area contributed by atoms with Gasteiger partial charge in [-0.3, -0.25) is 9.59 Å². The number of amides is 2. The summed E-state index contributed by atoms with van der Waals surface area (Å²) in [5.74, 6) is 0.0907. The maximum atomic E-state index is 12.6. The molecule has 152 valence electrons. The standard InChI is InChI=1S/C20H23N5O2S2/c1-12(2)25-17(10-16(24-25)14-7-5-4-6-8-14)23-18(26)9-15-11-28-20(22-15)29-13(3)19(21)27/h4-8,10-13H,9H2,1-3H3,(H2,21,27)(H,23,26). The van der Waals surface area contributed by atoms with Gasteiger partial charge in [-0.15, -0.1) is 11.3 Å². The molecule has 7 nitrogen and oxygen atoms in total. The van der Waals surface area contributed by atoms with Crippen molar-refractivity contribution >= 4 is 40.7 Å². The molecule has 1 unspecified atom stereocenters. The minimum atomic E-state index is -0.388. The molecule has 0 aliphatic carbocycles. The molecule has 0 spiro atoms. The van der Waals surface area contributed by atoms with Gasteiger partial charge in [0.2, 0.25) is 11.8 Å². The van der Waals surface area contributed by atoms with Crippen LogP contribution in [-0.2, 0) is 16.0 Å². The number of rotatable bonds is 8. The molecule has 0 aliphatic rings. The number of benzene rings is 1. The minimum Gasteiger partial charge on any atom is -0.369 e. The van der Waals surface area contributed by atoms with E-state index in [0.29, 0.717) is 11.5 Å². The lowest BCUT2D eigenvalue weighted by Gasteiger charge is -2.11. The average molecular weight is 430 g/mol. The Labute approximate surface area is 177 Å². The number of carbonyl (C=O) groups excluding carboxylic acids is 2. The fourth-order valence-electron chi connectivity index (χ4n) is 2.62. The zero-order chi connectivity index (χ0) is 21.0. The predicted octanol–water partition coefficient (Wildman–Crippen LogP) is 3.73. The fraction of sp³-hybridized carbons (Fsp3) is 0.300. The first-order chi connectivity index (χ1) is 13.8. The van der Waals surface area contributed by atoms with Gasteiger partial charge in [-0.05, 0) is 20.8 Å². The molecule has 1 atom stereocenters. The quantitative estimate of drug-likeness (QED) is 0.531. The first-order valence-electron chi connectivity index (χ1n) is 9.18. The molecule has 3 N–H and O–H groups in total. The highest BCUT2D eigenvalue weighted by atomic mass is 32.2. The van der Waals surface area contributed by atoms with E-state index < -0.39 is 0 Å². The number of hydrogen-bond acceptors (Lipinski definition) is 6. The van der Waals surface area contributed by atoms with Gasteiger partial charge in [0.05, 0.1) is 23.1 Å². The van der Waals surface area contributed by atoms with Crippen LogP contribution in [0.4, 0.5) is 5.82 Å². The number of nitrogens with zero attached hydrogens (tertiary/aromatic N) is 3. The molecule has 3 aromatic rings. The van der Waals surface area contributed by atoms with Crippen LogP contribution in [0.15, 0.2) is 46.1 Å². The monoisotopic (exact) mass is 429 g/mol. The number of anilines is 1. The second-order valence-corrected chi connectivity index (χ2v) is 9.26. The molecular weight excluding hydrogens is 406 g/mol. The lowest BCUT2D eigenvalue weighted by molar-refractivity contribution is -0.117. The molecule has 9 heteroatoms. The second-order valence-electron chi connectivity index (χ2n) is 6.81. The van der Waals surface area contributed by atoms with Gasteiger partial charge in [0.1, 0.15) is 5.82 Å². The fourth-order valence-corrected chi connectivity index (χ4v) is 4.55. The molecule has 2 heterocycles. The number of thiazole rings is 1. The van der Waals surface area contributed by atoms with Crippen LogP contribution in [0.5, 0.6) is 0 Å². The van der Waals surface area contributed by atoms with Crippen molar-refractivity contribution in [2.75, 3.05) is 5.32 Å². The van der Waals surface area contributed by atoms with Crippen LogP contribution < -0.4 is 11.1 Å². The van der Waals surface area contributed by atoms with Crippen molar-refractivity contribution in [1.29, 1.82) is 0 Å².